The molecule has 18 heavy (non-hydrogen) atoms. The van der Waals surface area contributed by atoms with Gasteiger partial charge < -0.3 is 5.11 Å². The summed E-state index contributed by atoms with van der Waals surface area (Å²) in [6.07, 6.45) is 7.12. The molecule has 0 aromatic carbocycles. The maximum atomic E-state index is 10.3. The zero-order chi connectivity index (χ0) is 12.5. The summed E-state index contributed by atoms with van der Waals surface area (Å²) in [7, 11) is 0. The molecule has 2 heterocycles. The lowest BCUT2D eigenvalue weighted by Gasteiger charge is -2.38. The zero-order valence-electron chi connectivity index (χ0n) is 11.1. The van der Waals surface area contributed by atoms with Gasteiger partial charge in [0, 0.05) is 21.8 Å². The van der Waals surface area contributed by atoms with Crippen molar-refractivity contribution in [3.63, 3.8) is 0 Å². The summed E-state index contributed by atoms with van der Waals surface area (Å²) in [5, 5.41) is 10.3. The maximum Gasteiger partial charge on any atom is 0.0695 e. The second-order valence-corrected chi connectivity index (χ2v) is 7.08. The number of aliphatic hydroxyl groups is 1. The Hall–Kier alpha value is -0.380. The van der Waals surface area contributed by atoms with E-state index in [1.165, 1.54) is 48.4 Å². The van der Waals surface area contributed by atoms with Crippen LogP contribution >= 0.6 is 11.3 Å². The minimum atomic E-state index is -0.0968. The number of likely N-dealkylation sites (tertiary alicyclic amines) is 1. The molecule has 0 radical (unpaired) electrons. The average Bonchev–Trinajstić information content (AvgIpc) is 2.98. The van der Waals surface area contributed by atoms with E-state index in [4.69, 9.17) is 0 Å². The van der Waals surface area contributed by atoms with Gasteiger partial charge >= 0.3 is 0 Å². The van der Waals surface area contributed by atoms with E-state index in [-0.39, 0.29) is 6.10 Å². The molecule has 1 saturated carbocycles. The van der Waals surface area contributed by atoms with E-state index in [0.717, 1.165) is 6.42 Å². The molecular weight excluding hydrogens is 242 g/mol. The maximum absolute atomic E-state index is 10.3. The van der Waals surface area contributed by atoms with Crippen molar-refractivity contribution in [1.82, 2.24) is 4.90 Å². The third-order valence-electron chi connectivity index (χ3n) is 4.50. The van der Waals surface area contributed by atoms with Crippen molar-refractivity contribution < 1.29 is 5.11 Å². The molecule has 2 aliphatic rings. The van der Waals surface area contributed by atoms with Crippen LogP contribution in [0.3, 0.4) is 0 Å². The highest BCUT2D eigenvalue weighted by Crippen LogP contribution is 2.39. The van der Waals surface area contributed by atoms with Crippen LogP contribution in [0.25, 0.3) is 0 Å². The number of hydrogen-bond acceptors (Lipinski definition) is 3. The molecule has 1 aromatic rings. The fraction of sp³-hybridized carbons (Fsp3) is 0.733. The Morgan fingerprint density at radius 2 is 2.00 bits per heavy atom. The molecule has 1 saturated heterocycles. The minimum absolute atomic E-state index is 0.0968. The monoisotopic (exact) mass is 265 g/mol. The molecule has 1 aromatic heterocycles. The first-order chi connectivity index (χ1) is 8.75. The fourth-order valence-electron chi connectivity index (χ4n) is 3.60. The number of aryl methyl sites for hydroxylation is 1. The SMILES string of the molecule is Cc1ccc(C2CCCN2C2CCCCC2O)s1. The third-order valence-corrected chi connectivity index (χ3v) is 5.61. The van der Waals surface area contributed by atoms with Crippen molar-refractivity contribution in [3.8, 4) is 0 Å². The molecule has 3 unspecified atom stereocenters. The summed E-state index contributed by atoms with van der Waals surface area (Å²) in [5.41, 5.74) is 0. The number of nitrogens with zero attached hydrogens (tertiary/aromatic N) is 1. The predicted octanol–water partition coefficient (Wildman–Crippen LogP) is 3.50. The molecule has 3 rings (SSSR count). The van der Waals surface area contributed by atoms with Gasteiger partial charge in [-0.05, 0) is 51.3 Å². The van der Waals surface area contributed by atoms with E-state index in [1.54, 1.807) is 0 Å². The Kier molecular flexibility index (Phi) is 3.73. The van der Waals surface area contributed by atoms with Gasteiger partial charge in [0.15, 0.2) is 0 Å². The summed E-state index contributed by atoms with van der Waals surface area (Å²) in [6.45, 7) is 3.35. The van der Waals surface area contributed by atoms with E-state index < -0.39 is 0 Å². The molecule has 3 heteroatoms. The second kappa shape index (κ2) is 5.32. The summed E-state index contributed by atoms with van der Waals surface area (Å²) in [6, 6.07) is 5.50. The van der Waals surface area contributed by atoms with Crippen LogP contribution in [0.5, 0.6) is 0 Å². The lowest BCUT2D eigenvalue weighted by molar-refractivity contribution is 0.0137. The Morgan fingerprint density at radius 3 is 2.72 bits per heavy atom. The Bertz CT molecular complexity index is 403. The highest BCUT2D eigenvalue weighted by atomic mass is 32.1. The van der Waals surface area contributed by atoms with Crippen LogP contribution in [0.1, 0.15) is 54.3 Å². The molecule has 1 aliphatic carbocycles. The molecule has 100 valence electrons. The van der Waals surface area contributed by atoms with Gasteiger partial charge in [-0.3, -0.25) is 4.90 Å². The predicted molar refractivity (Wildman–Crippen MR) is 76.0 cm³/mol. The highest BCUT2D eigenvalue weighted by Gasteiger charge is 2.36. The van der Waals surface area contributed by atoms with Gasteiger partial charge in [-0.2, -0.15) is 0 Å². The van der Waals surface area contributed by atoms with E-state index in [1.807, 2.05) is 11.3 Å². The van der Waals surface area contributed by atoms with Gasteiger partial charge in [-0.1, -0.05) is 12.8 Å². The van der Waals surface area contributed by atoms with Crippen LogP contribution in [0.15, 0.2) is 12.1 Å². The normalized spacial score (nSPS) is 34.0. The van der Waals surface area contributed by atoms with E-state index in [0.29, 0.717) is 12.1 Å². The number of aliphatic hydroxyl groups excluding tert-OH is 1. The Balaban J connectivity index is 1.78. The molecule has 3 atom stereocenters. The largest absolute Gasteiger partial charge is 0.391 e. The molecule has 0 amide bonds. The summed E-state index contributed by atoms with van der Waals surface area (Å²) in [5.74, 6) is 0. The summed E-state index contributed by atoms with van der Waals surface area (Å²) < 4.78 is 0. The molecular formula is C15H23NOS. The quantitative estimate of drug-likeness (QED) is 0.884. The van der Waals surface area contributed by atoms with E-state index in [2.05, 4.69) is 24.0 Å². The van der Waals surface area contributed by atoms with E-state index in [9.17, 15) is 5.11 Å². The third kappa shape index (κ3) is 2.36. The van der Waals surface area contributed by atoms with Gasteiger partial charge in [-0.25, -0.2) is 0 Å². The van der Waals surface area contributed by atoms with Crippen LogP contribution in [0.4, 0.5) is 0 Å². The lowest BCUT2D eigenvalue weighted by atomic mass is 9.91. The lowest BCUT2D eigenvalue weighted by Crippen LogP contribution is -2.44. The van der Waals surface area contributed by atoms with Crippen LogP contribution in [0, 0.1) is 6.92 Å². The number of rotatable bonds is 2. The first-order valence-electron chi connectivity index (χ1n) is 7.26. The topological polar surface area (TPSA) is 23.5 Å². The molecule has 0 spiro atoms. The van der Waals surface area contributed by atoms with Gasteiger partial charge in [0.05, 0.1) is 6.10 Å². The second-order valence-electron chi connectivity index (χ2n) is 5.76. The summed E-state index contributed by atoms with van der Waals surface area (Å²) in [4.78, 5) is 5.50. The van der Waals surface area contributed by atoms with Crippen molar-refractivity contribution in [1.29, 1.82) is 0 Å². The number of thiophene rings is 1. The smallest absolute Gasteiger partial charge is 0.0695 e. The van der Waals surface area contributed by atoms with Crippen molar-refractivity contribution in [3.05, 3.63) is 21.9 Å². The van der Waals surface area contributed by atoms with Crippen molar-refractivity contribution in [2.75, 3.05) is 6.54 Å². The standard InChI is InChI=1S/C15H23NOS/c1-11-8-9-15(18-11)13-6-4-10-16(13)12-5-2-3-7-14(12)17/h8-9,12-14,17H,2-7,10H2,1H3. The highest BCUT2D eigenvalue weighted by molar-refractivity contribution is 7.12. The molecule has 2 fully saturated rings. The average molecular weight is 265 g/mol. The van der Waals surface area contributed by atoms with Crippen LogP contribution < -0.4 is 0 Å². The number of hydrogen-bond donors (Lipinski definition) is 1. The first kappa shape index (κ1) is 12.6. The molecule has 2 nitrogen and oxygen atoms in total. The van der Waals surface area contributed by atoms with Crippen LogP contribution in [-0.2, 0) is 0 Å². The summed E-state index contributed by atoms with van der Waals surface area (Å²) >= 11 is 1.93. The van der Waals surface area contributed by atoms with Gasteiger partial charge in [-0.15, -0.1) is 11.3 Å². The van der Waals surface area contributed by atoms with Crippen molar-refractivity contribution in [2.45, 2.75) is 63.6 Å². The van der Waals surface area contributed by atoms with E-state index >= 15 is 0 Å². The Morgan fingerprint density at radius 1 is 1.17 bits per heavy atom. The van der Waals surface area contributed by atoms with Crippen LogP contribution in [-0.4, -0.2) is 28.7 Å². The zero-order valence-corrected chi connectivity index (χ0v) is 12.0. The van der Waals surface area contributed by atoms with Crippen molar-refractivity contribution in [2.24, 2.45) is 0 Å². The fourth-order valence-corrected chi connectivity index (χ4v) is 4.64. The molecule has 1 N–H and O–H groups in total. The molecule has 0 bridgehead atoms. The van der Waals surface area contributed by atoms with Crippen LogP contribution in [0.2, 0.25) is 0 Å². The van der Waals surface area contributed by atoms with Gasteiger partial charge in [0.2, 0.25) is 0 Å². The Labute approximate surface area is 114 Å². The minimum Gasteiger partial charge on any atom is -0.391 e. The van der Waals surface area contributed by atoms with Crippen molar-refractivity contribution >= 4 is 11.3 Å². The molecule has 1 aliphatic heterocycles. The van der Waals surface area contributed by atoms with Gasteiger partial charge in [0.25, 0.3) is 0 Å². The first-order valence-corrected chi connectivity index (χ1v) is 8.07. The van der Waals surface area contributed by atoms with Gasteiger partial charge in [0.1, 0.15) is 0 Å².